The molecule has 0 fully saturated rings. The average molecular weight is 684 g/mol. The number of hydrogen-bond donors (Lipinski definition) is 0. The van der Waals surface area contributed by atoms with Crippen molar-refractivity contribution in [3.63, 3.8) is 0 Å². The zero-order valence-corrected chi connectivity index (χ0v) is 29.7. The highest BCUT2D eigenvalue weighted by atomic mass is 32.1. The molecule has 1 aliphatic rings. The van der Waals surface area contributed by atoms with Gasteiger partial charge in [0.2, 0.25) is 0 Å². The van der Waals surface area contributed by atoms with Gasteiger partial charge in [0.15, 0.2) is 0 Å². The van der Waals surface area contributed by atoms with E-state index in [1.54, 1.807) is 0 Å². The molecular formula is C49H33NOS. The van der Waals surface area contributed by atoms with Crippen molar-refractivity contribution in [3.05, 3.63) is 175 Å². The maximum Gasteiger partial charge on any atom is 0.136 e. The van der Waals surface area contributed by atoms with Crippen LogP contribution in [0.5, 0.6) is 0 Å². The maximum absolute atomic E-state index is 6.41. The van der Waals surface area contributed by atoms with Crippen LogP contribution >= 0.6 is 11.3 Å². The van der Waals surface area contributed by atoms with E-state index in [9.17, 15) is 0 Å². The summed E-state index contributed by atoms with van der Waals surface area (Å²) >= 11 is 1.86. The van der Waals surface area contributed by atoms with Crippen molar-refractivity contribution in [2.75, 3.05) is 4.90 Å². The van der Waals surface area contributed by atoms with Gasteiger partial charge in [-0.15, -0.1) is 11.3 Å². The molecule has 3 heteroatoms. The molecule has 0 bridgehead atoms. The number of benzene rings is 8. The van der Waals surface area contributed by atoms with Crippen LogP contribution in [0.15, 0.2) is 168 Å². The highest BCUT2D eigenvalue weighted by Gasteiger charge is 2.36. The second kappa shape index (κ2) is 10.9. The van der Waals surface area contributed by atoms with E-state index in [2.05, 4.69) is 176 Å². The van der Waals surface area contributed by atoms with Gasteiger partial charge in [0, 0.05) is 58.7 Å². The zero-order valence-electron chi connectivity index (χ0n) is 28.9. The van der Waals surface area contributed by atoms with Gasteiger partial charge in [-0.05, 0) is 81.7 Å². The molecule has 0 radical (unpaired) electrons. The average Bonchev–Trinajstić information content (AvgIpc) is 3.82. The first-order valence-corrected chi connectivity index (χ1v) is 18.7. The van der Waals surface area contributed by atoms with Crippen molar-refractivity contribution in [1.29, 1.82) is 0 Å². The summed E-state index contributed by atoms with van der Waals surface area (Å²) in [5.41, 5.74) is 12.9. The number of thiophene rings is 1. The molecule has 1 aliphatic carbocycles. The van der Waals surface area contributed by atoms with Crippen LogP contribution in [0.1, 0.15) is 25.0 Å². The van der Waals surface area contributed by atoms with Crippen molar-refractivity contribution in [1.82, 2.24) is 0 Å². The second-order valence-corrected chi connectivity index (χ2v) is 15.6. The van der Waals surface area contributed by atoms with E-state index >= 15 is 0 Å². The number of anilines is 3. The molecule has 0 saturated carbocycles. The molecule has 2 nitrogen and oxygen atoms in total. The number of fused-ring (bicyclic) bond motifs is 11. The Morgan fingerprint density at radius 2 is 1.15 bits per heavy atom. The minimum Gasteiger partial charge on any atom is -0.456 e. The third-order valence-corrected chi connectivity index (χ3v) is 12.4. The fraction of sp³-hybridized carbons (Fsp3) is 0.0612. The normalized spacial score (nSPS) is 13.3. The molecule has 10 aromatic rings. The summed E-state index contributed by atoms with van der Waals surface area (Å²) in [4.78, 5) is 2.48. The zero-order chi connectivity index (χ0) is 34.6. The lowest BCUT2D eigenvalue weighted by Gasteiger charge is -2.30. The summed E-state index contributed by atoms with van der Waals surface area (Å²) in [5.74, 6) is 0. The predicted octanol–water partition coefficient (Wildman–Crippen LogP) is 14.6. The maximum atomic E-state index is 6.41. The quantitative estimate of drug-likeness (QED) is 0.184. The van der Waals surface area contributed by atoms with Gasteiger partial charge in [0.25, 0.3) is 0 Å². The Morgan fingerprint density at radius 1 is 0.462 bits per heavy atom. The summed E-state index contributed by atoms with van der Waals surface area (Å²) in [6.07, 6.45) is 0. The Balaban J connectivity index is 1.19. The van der Waals surface area contributed by atoms with Crippen molar-refractivity contribution >= 4 is 81.3 Å². The van der Waals surface area contributed by atoms with Crippen LogP contribution in [-0.2, 0) is 5.41 Å². The number of hydrogen-bond acceptors (Lipinski definition) is 3. The Morgan fingerprint density at radius 3 is 2.08 bits per heavy atom. The first kappa shape index (κ1) is 29.6. The monoisotopic (exact) mass is 683 g/mol. The van der Waals surface area contributed by atoms with E-state index in [4.69, 9.17) is 4.42 Å². The third kappa shape index (κ3) is 4.17. The molecule has 11 rings (SSSR count). The minimum absolute atomic E-state index is 0.119. The van der Waals surface area contributed by atoms with E-state index in [1.165, 1.54) is 64.3 Å². The van der Waals surface area contributed by atoms with Crippen molar-refractivity contribution in [3.8, 4) is 22.3 Å². The number of rotatable bonds is 4. The molecule has 246 valence electrons. The largest absolute Gasteiger partial charge is 0.456 e. The highest BCUT2D eigenvalue weighted by Crippen LogP contribution is 2.52. The van der Waals surface area contributed by atoms with Gasteiger partial charge in [0.1, 0.15) is 11.2 Å². The molecule has 8 aromatic carbocycles. The fourth-order valence-electron chi connectivity index (χ4n) is 8.83. The standard InChI is InChI=1S/C49H33NOS/c1-49(2)40-18-7-3-13-33(40)34-25-23-31(28-41(34)49)50(32-24-26-37-36-15-6-10-21-45(36)52-46(37)29-32)42-19-8-4-14-35(42)38-17-11-12-30-22-27-44-48(47(30)38)39-16-5-9-20-43(39)51-44/h3-29H,1-2H3. The molecule has 0 atom stereocenters. The molecule has 0 amide bonds. The van der Waals surface area contributed by atoms with Crippen LogP contribution < -0.4 is 4.90 Å². The molecule has 2 aromatic heterocycles. The number of para-hydroxylation sites is 2. The first-order valence-electron chi connectivity index (χ1n) is 17.9. The summed E-state index contributed by atoms with van der Waals surface area (Å²) in [6.45, 7) is 4.72. The number of furan rings is 1. The van der Waals surface area contributed by atoms with Gasteiger partial charge in [-0.1, -0.05) is 129 Å². The van der Waals surface area contributed by atoms with E-state index in [1.807, 2.05) is 17.4 Å². The van der Waals surface area contributed by atoms with E-state index in [0.717, 1.165) is 39.0 Å². The third-order valence-electron chi connectivity index (χ3n) is 11.3. The van der Waals surface area contributed by atoms with E-state index in [-0.39, 0.29) is 5.41 Å². The minimum atomic E-state index is -0.119. The Labute approximate surface area is 305 Å². The van der Waals surface area contributed by atoms with Crippen LogP contribution in [0, 0.1) is 0 Å². The summed E-state index contributed by atoms with van der Waals surface area (Å²) in [6, 6.07) is 60.0. The Bertz CT molecular complexity index is 3070. The second-order valence-electron chi connectivity index (χ2n) is 14.5. The molecule has 0 spiro atoms. The fourth-order valence-corrected chi connectivity index (χ4v) is 9.97. The van der Waals surface area contributed by atoms with Gasteiger partial charge in [0.05, 0.1) is 5.69 Å². The smallest absolute Gasteiger partial charge is 0.136 e. The first-order chi connectivity index (χ1) is 25.5. The van der Waals surface area contributed by atoms with Crippen LogP contribution in [0.2, 0.25) is 0 Å². The van der Waals surface area contributed by atoms with E-state index < -0.39 is 0 Å². The highest BCUT2D eigenvalue weighted by molar-refractivity contribution is 7.25. The van der Waals surface area contributed by atoms with Crippen molar-refractivity contribution in [2.45, 2.75) is 19.3 Å². The molecule has 0 aliphatic heterocycles. The lowest BCUT2D eigenvalue weighted by Crippen LogP contribution is -2.16. The van der Waals surface area contributed by atoms with Crippen LogP contribution in [0.3, 0.4) is 0 Å². The van der Waals surface area contributed by atoms with Crippen LogP contribution in [-0.4, -0.2) is 0 Å². The van der Waals surface area contributed by atoms with E-state index in [0.29, 0.717) is 0 Å². The topological polar surface area (TPSA) is 16.4 Å². The Hall–Kier alpha value is -6.16. The SMILES string of the molecule is CC1(C)c2ccccc2-c2ccc(N(c3ccc4c(c3)sc3ccccc34)c3ccccc3-c3cccc4ccc5oc6ccccc6c5c34)cc21. The van der Waals surface area contributed by atoms with Gasteiger partial charge in [-0.3, -0.25) is 0 Å². The molecule has 0 N–H and O–H groups in total. The number of nitrogens with zero attached hydrogens (tertiary/aromatic N) is 1. The van der Waals surface area contributed by atoms with Crippen molar-refractivity contribution < 1.29 is 4.42 Å². The lowest BCUT2D eigenvalue weighted by molar-refractivity contribution is 0.660. The lowest BCUT2D eigenvalue weighted by atomic mass is 9.82. The van der Waals surface area contributed by atoms with Crippen molar-refractivity contribution in [2.24, 2.45) is 0 Å². The van der Waals surface area contributed by atoms with Gasteiger partial charge < -0.3 is 9.32 Å². The molecular weight excluding hydrogens is 651 g/mol. The Kier molecular flexibility index (Phi) is 6.21. The van der Waals surface area contributed by atoms with Gasteiger partial charge >= 0.3 is 0 Å². The van der Waals surface area contributed by atoms with Crippen LogP contribution in [0.4, 0.5) is 17.1 Å². The van der Waals surface area contributed by atoms with Gasteiger partial charge in [-0.2, -0.15) is 0 Å². The molecule has 52 heavy (non-hydrogen) atoms. The molecule has 0 unspecified atom stereocenters. The summed E-state index contributed by atoms with van der Waals surface area (Å²) in [7, 11) is 0. The predicted molar refractivity (Wildman–Crippen MR) is 222 cm³/mol. The summed E-state index contributed by atoms with van der Waals surface area (Å²) < 4.78 is 9.01. The van der Waals surface area contributed by atoms with Gasteiger partial charge in [-0.25, -0.2) is 0 Å². The summed E-state index contributed by atoms with van der Waals surface area (Å²) in [5, 5.41) is 7.32. The van der Waals surface area contributed by atoms with Crippen LogP contribution in [0.25, 0.3) is 75.1 Å². The molecule has 2 heterocycles. The molecule has 0 saturated heterocycles.